The van der Waals surface area contributed by atoms with E-state index in [0.29, 0.717) is 23.9 Å². The molecule has 0 saturated carbocycles. The summed E-state index contributed by atoms with van der Waals surface area (Å²) in [5.74, 6) is -0.554. The van der Waals surface area contributed by atoms with Crippen molar-refractivity contribution >= 4 is 77.8 Å². The van der Waals surface area contributed by atoms with Gasteiger partial charge in [-0.25, -0.2) is 4.39 Å². The summed E-state index contributed by atoms with van der Waals surface area (Å²) in [6.07, 6.45) is 1.69. The number of halogens is 3. The molecule has 1 N–H and O–H groups in total. The molecule has 1 fully saturated rings. The van der Waals surface area contributed by atoms with E-state index in [4.69, 9.17) is 12.2 Å². The summed E-state index contributed by atoms with van der Waals surface area (Å²) in [5, 5.41) is 9.75. The molecule has 0 aliphatic carbocycles. The van der Waals surface area contributed by atoms with Crippen molar-refractivity contribution in [1.29, 1.82) is 0 Å². The Bertz CT molecular complexity index is 861. The first kappa shape index (κ1) is 17.6. The molecule has 0 atom stereocenters. The van der Waals surface area contributed by atoms with E-state index in [0.717, 1.165) is 5.56 Å². The van der Waals surface area contributed by atoms with E-state index in [2.05, 4.69) is 31.9 Å². The van der Waals surface area contributed by atoms with Gasteiger partial charge in [0.15, 0.2) is 4.32 Å². The zero-order valence-corrected chi connectivity index (χ0v) is 16.6. The molecule has 2 aromatic carbocycles. The van der Waals surface area contributed by atoms with Gasteiger partial charge in [-0.15, -0.1) is 0 Å². The first-order chi connectivity index (χ1) is 11.4. The van der Waals surface area contributed by atoms with Gasteiger partial charge in [0.2, 0.25) is 0 Å². The number of hydrogen-bond donors (Lipinski definition) is 1. The van der Waals surface area contributed by atoms with Crippen molar-refractivity contribution in [2.24, 2.45) is 0 Å². The summed E-state index contributed by atoms with van der Waals surface area (Å²) in [7, 11) is 0. The van der Waals surface area contributed by atoms with Crippen LogP contribution in [0.3, 0.4) is 0 Å². The van der Waals surface area contributed by atoms with Crippen LogP contribution >= 0.6 is 55.8 Å². The first-order valence-electron chi connectivity index (χ1n) is 6.58. The van der Waals surface area contributed by atoms with Crippen LogP contribution in [-0.4, -0.2) is 15.3 Å². The fraction of sp³-hybridized carbons (Fsp3) is 0. The highest BCUT2D eigenvalue weighted by atomic mass is 79.9. The number of nitrogens with zero attached hydrogens (tertiary/aromatic N) is 1. The van der Waals surface area contributed by atoms with Crippen molar-refractivity contribution in [2.75, 3.05) is 4.90 Å². The van der Waals surface area contributed by atoms with Crippen LogP contribution in [0.5, 0.6) is 5.75 Å². The summed E-state index contributed by atoms with van der Waals surface area (Å²) in [6.45, 7) is 0. The highest BCUT2D eigenvalue weighted by molar-refractivity contribution is 9.11. The predicted molar refractivity (Wildman–Crippen MR) is 106 cm³/mol. The highest BCUT2D eigenvalue weighted by Gasteiger charge is 2.33. The molecular formula is C16H8Br2FNO2S2. The van der Waals surface area contributed by atoms with E-state index < -0.39 is 0 Å². The number of hydrogen-bond acceptors (Lipinski definition) is 4. The van der Waals surface area contributed by atoms with Crippen LogP contribution < -0.4 is 4.90 Å². The molecule has 0 bridgehead atoms. The molecule has 1 aliphatic rings. The lowest BCUT2D eigenvalue weighted by Gasteiger charge is -2.14. The fourth-order valence-corrected chi connectivity index (χ4v) is 4.62. The molecule has 1 heterocycles. The molecule has 0 spiro atoms. The number of benzene rings is 2. The summed E-state index contributed by atoms with van der Waals surface area (Å²) in [4.78, 5) is 14.4. The monoisotopic (exact) mass is 487 g/mol. The fourth-order valence-electron chi connectivity index (χ4n) is 2.10. The number of thioether (sulfide) groups is 1. The van der Waals surface area contributed by atoms with Crippen LogP contribution in [0.25, 0.3) is 6.08 Å². The third kappa shape index (κ3) is 3.42. The van der Waals surface area contributed by atoms with E-state index >= 15 is 0 Å². The zero-order chi connectivity index (χ0) is 17.4. The smallest absolute Gasteiger partial charge is 0.270 e. The van der Waals surface area contributed by atoms with Crippen molar-refractivity contribution in [2.45, 2.75) is 0 Å². The van der Waals surface area contributed by atoms with Crippen LogP contribution in [0, 0.1) is 5.82 Å². The lowest BCUT2D eigenvalue weighted by Crippen LogP contribution is -2.27. The Balaban J connectivity index is 1.95. The summed E-state index contributed by atoms with van der Waals surface area (Å²) in [5.41, 5.74) is 1.25. The minimum Gasteiger partial charge on any atom is -0.506 e. The Hall–Kier alpha value is -1.22. The SMILES string of the molecule is O=C1/C(=C/c2cc(Br)c(O)c(Br)c2)SC(=S)N1c1ccc(F)cc1. The maximum Gasteiger partial charge on any atom is 0.270 e. The molecule has 3 rings (SSSR count). The van der Waals surface area contributed by atoms with Gasteiger partial charge >= 0.3 is 0 Å². The van der Waals surface area contributed by atoms with Crippen LogP contribution in [-0.2, 0) is 4.79 Å². The molecule has 1 amide bonds. The van der Waals surface area contributed by atoms with Crippen LogP contribution in [0.4, 0.5) is 10.1 Å². The van der Waals surface area contributed by atoms with E-state index in [1.807, 2.05) is 0 Å². The minimum absolute atomic E-state index is 0.0889. The van der Waals surface area contributed by atoms with Crippen molar-refractivity contribution in [1.82, 2.24) is 0 Å². The van der Waals surface area contributed by atoms with E-state index in [1.165, 1.54) is 40.9 Å². The standard InChI is InChI=1S/C16H8Br2FNO2S2/c17-11-5-8(6-12(18)14(11)21)7-13-15(22)20(16(23)24-13)10-3-1-9(19)2-4-10/h1-7,21H/b13-7-. The van der Waals surface area contributed by atoms with E-state index in [-0.39, 0.29) is 17.5 Å². The second-order valence-corrected chi connectivity index (χ2v) is 8.21. The Kier molecular flexibility index (Phi) is 5.10. The topological polar surface area (TPSA) is 40.5 Å². The molecule has 122 valence electrons. The van der Waals surface area contributed by atoms with Crippen LogP contribution in [0.2, 0.25) is 0 Å². The predicted octanol–water partition coefficient (Wildman–Crippen LogP) is 5.46. The maximum absolute atomic E-state index is 13.1. The first-order valence-corrected chi connectivity index (χ1v) is 9.39. The second kappa shape index (κ2) is 6.95. The molecule has 1 saturated heterocycles. The Morgan fingerprint density at radius 3 is 2.33 bits per heavy atom. The lowest BCUT2D eigenvalue weighted by molar-refractivity contribution is -0.113. The van der Waals surface area contributed by atoms with Gasteiger partial charge in [0.1, 0.15) is 11.6 Å². The molecule has 0 unspecified atom stereocenters. The van der Waals surface area contributed by atoms with Gasteiger partial charge in [-0.2, -0.15) is 0 Å². The number of carbonyl (C=O) groups is 1. The average Bonchev–Trinajstić information content (AvgIpc) is 2.80. The largest absolute Gasteiger partial charge is 0.506 e. The average molecular weight is 489 g/mol. The van der Waals surface area contributed by atoms with E-state index in [1.54, 1.807) is 18.2 Å². The molecule has 2 aromatic rings. The van der Waals surface area contributed by atoms with Crippen LogP contribution in [0.15, 0.2) is 50.2 Å². The van der Waals surface area contributed by atoms with E-state index in [9.17, 15) is 14.3 Å². The van der Waals surface area contributed by atoms with Crippen molar-refractivity contribution in [3.05, 3.63) is 61.6 Å². The number of anilines is 1. The van der Waals surface area contributed by atoms with Crippen LogP contribution in [0.1, 0.15) is 5.56 Å². The summed E-state index contributed by atoms with van der Waals surface area (Å²) in [6, 6.07) is 8.99. The van der Waals surface area contributed by atoms with Gasteiger partial charge in [-0.3, -0.25) is 9.69 Å². The Labute approximate surface area is 163 Å². The molecular weight excluding hydrogens is 481 g/mol. The highest BCUT2D eigenvalue weighted by Crippen LogP contribution is 2.38. The molecule has 3 nitrogen and oxygen atoms in total. The zero-order valence-electron chi connectivity index (χ0n) is 11.8. The summed E-state index contributed by atoms with van der Waals surface area (Å²) < 4.78 is 14.5. The number of rotatable bonds is 2. The third-order valence-electron chi connectivity index (χ3n) is 3.22. The van der Waals surface area contributed by atoms with Gasteiger partial charge in [0, 0.05) is 0 Å². The lowest BCUT2D eigenvalue weighted by atomic mass is 10.2. The van der Waals surface area contributed by atoms with Crippen molar-refractivity contribution in [3.8, 4) is 5.75 Å². The van der Waals surface area contributed by atoms with Crippen molar-refractivity contribution in [3.63, 3.8) is 0 Å². The molecule has 1 aliphatic heterocycles. The molecule has 24 heavy (non-hydrogen) atoms. The minimum atomic E-state index is -0.376. The Morgan fingerprint density at radius 2 is 1.75 bits per heavy atom. The van der Waals surface area contributed by atoms with Gasteiger partial charge in [0.25, 0.3) is 5.91 Å². The second-order valence-electron chi connectivity index (χ2n) is 4.83. The van der Waals surface area contributed by atoms with Crippen molar-refractivity contribution < 1.29 is 14.3 Å². The quantitative estimate of drug-likeness (QED) is 0.450. The number of thiocarbonyl (C=S) groups is 1. The summed E-state index contributed by atoms with van der Waals surface area (Å²) >= 11 is 13.0. The van der Waals surface area contributed by atoms with Gasteiger partial charge < -0.3 is 5.11 Å². The number of aromatic hydroxyl groups is 1. The van der Waals surface area contributed by atoms with Gasteiger partial charge in [-0.05, 0) is 79.9 Å². The normalized spacial score (nSPS) is 16.3. The van der Waals surface area contributed by atoms with Gasteiger partial charge in [-0.1, -0.05) is 24.0 Å². The maximum atomic E-state index is 13.1. The number of phenolic OH excluding ortho intramolecular Hbond substituents is 1. The number of phenols is 1. The molecule has 0 radical (unpaired) electrons. The Morgan fingerprint density at radius 1 is 1.17 bits per heavy atom. The molecule has 8 heteroatoms. The van der Waals surface area contributed by atoms with Gasteiger partial charge in [0.05, 0.1) is 19.5 Å². The molecule has 0 aromatic heterocycles. The number of amides is 1. The number of carbonyl (C=O) groups excluding carboxylic acids is 1. The third-order valence-corrected chi connectivity index (χ3v) is 5.73.